The van der Waals surface area contributed by atoms with Gasteiger partial charge >= 0.3 is 6.09 Å². The summed E-state index contributed by atoms with van der Waals surface area (Å²) in [6, 6.07) is 6.03. The van der Waals surface area contributed by atoms with E-state index >= 15 is 0 Å². The van der Waals surface area contributed by atoms with Crippen LogP contribution in [0.25, 0.3) is 0 Å². The Kier molecular flexibility index (Phi) is 9.72. The van der Waals surface area contributed by atoms with Crippen LogP contribution in [0.3, 0.4) is 0 Å². The molecule has 0 aliphatic rings. The van der Waals surface area contributed by atoms with Crippen molar-refractivity contribution in [3.63, 3.8) is 0 Å². The van der Waals surface area contributed by atoms with Crippen molar-refractivity contribution in [3.05, 3.63) is 29.3 Å². The molecule has 0 atom stereocenters. The van der Waals surface area contributed by atoms with E-state index < -0.39 is 11.7 Å². The third kappa shape index (κ3) is 9.59. The van der Waals surface area contributed by atoms with E-state index in [-0.39, 0.29) is 24.0 Å². The molecule has 24 heavy (non-hydrogen) atoms. The van der Waals surface area contributed by atoms with Gasteiger partial charge in [-0.2, -0.15) is 0 Å². The third-order valence-corrected chi connectivity index (χ3v) is 3.06. The number of anilines is 1. The van der Waals surface area contributed by atoms with E-state index in [9.17, 15) is 4.79 Å². The molecule has 0 unspecified atom stereocenters. The Labute approximate surface area is 161 Å². The second-order valence-corrected chi connectivity index (χ2v) is 6.47. The number of amides is 1. The number of halogens is 1. The van der Waals surface area contributed by atoms with Crippen molar-refractivity contribution < 1.29 is 9.53 Å². The number of nitrogens with zero attached hydrogens (tertiary/aromatic N) is 1. The predicted octanol–water partition coefficient (Wildman–Crippen LogP) is 3.56. The molecule has 0 radical (unpaired) electrons. The average Bonchev–Trinajstić information content (AvgIpc) is 2.40. The highest BCUT2D eigenvalue weighted by atomic mass is 127. The average molecular weight is 448 g/mol. The first kappa shape index (κ1) is 22.5. The molecule has 0 aromatic heterocycles. The number of carbonyl (C=O) groups is 1. The molecular formula is C17H29IN4O2. The van der Waals surface area contributed by atoms with Crippen LogP contribution in [0.5, 0.6) is 0 Å². The molecule has 7 heteroatoms. The van der Waals surface area contributed by atoms with Gasteiger partial charge in [-0.25, -0.2) is 4.79 Å². The van der Waals surface area contributed by atoms with E-state index in [1.165, 1.54) is 11.1 Å². The second-order valence-electron chi connectivity index (χ2n) is 6.47. The summed E-state index contributed by atoms with van der Waals surface area (Å²) in [6.07, 6.45) is 0.275. The van der Waals surface area contributed by atoms with E-state index in [4.69, 9.17) is 10.5 Å². The minimum Gasteiger partial charge on any atom is -0.444 e. The number of benzene rings is 1. The quantitative estimate of drug-likeness (QED) is 0.278. The molecule has 0 aliphatic heterocycles. The number of rotatable bonds is 5. The van der Waals surface area contributed by atoms with Crippen LogP contribution in [-0.2, 0) is 4.74 Å². The van der Waals surface area contributed by atoms with Crippen LogP contribution in [0, 0.1) is 13.8 Å². The summed E-state index contributed by atoms with van der Waals surface area (Å²) in [6.45, 7) is 10.6. The van der Waals surface area contributed by atoms with Crippen molar-refractivity contribution in [1.82, 2.24) is 5.32 Å². The van der Waals surface area contributed by atoms with Gasteiger partial charge in [-0.15, -0.1) is 24.0 Å². The fourth-order valence-corrected chi connectivity index (χ4v) is 1.79. The zero-order chi connectivity index (χ0) is 17.5. The van der Waals surface area contributed by atoms with Crippen LogP contribution in [0.15, 0.2) is 23.2 Å². The van der Waals surface area contributed by atoms with Crippen molar-refractivity contribution in [2.24, 2.45) is 10.7 Å². The van der Waals surface area contributed by atoms with E-state index in [0.717, 1.165) is 5.69 Å². The Morgan fingerprint density at radius 3 is 2.50 bits per heavy atom. The van der Waals surface area contributed by atoms with Crippen molar-refractivity contribution >= 4 is 41.7 Å². The van der Waals surface area contributed by atoms with Crippen LogP contribution >= 0.6 is 24.0 Å². The van der Waals surface area contributed by atoms with Gasteiger partial charge in [-0.05, 0) is 64.3 Å². The van der Waals surface area contributed by atoms with Crippen molar-refractivity contribution in [2.45, 2.75) is 46.6 Å². The number of aliphatic imine (C=N–C) groups is 1. The van der Waals surface area contributed by atoms with Gasteiger partial charge < -0.3 is 21.1 Å². The molecule has 0 aliphatic carbocycles. The lowest BCUT2D eigenvalue weighted by atomic mass is 10.1. The van der Waals surface area contributed by atoms with E-state index in [2.05, 4.69) is 29.5 Å². The maximum absolute atomic E-state index is 11.5. The molecule has 0 heterocycles. The molecule has 1 aromatic rings. The topological polar surface area (TPSA) is 88.7 Å². The van der Waals surface area contributed by atoms with Gasteiger partial charge in [0.25, 0.3) is 0 Å². The molecule has 0 fully saturated rings. The number of nitrogens with one attached hydrogen (secondary N) is 2. The molecule has 0 spiro atoms. The fourth-order valence-electron chi connectivity index (χ4n) is 1.79. The number of guanidine groups is 1. The molecule has 1 rings (SSSR count). The monoisotopic (exact) mass is 448 g/mol. The number of hydrogen-bond acceptors (Lipinski definition) is 3. The Morgan fingerprint density at radius 1 is 1.25 bits per heavy atom. The molecule has 4 N–H and O–H groups in total. The Morgan fingerprint density at radius 2 is 1.92 bits per heavy atom. The van der Waals surface area contributed by atoms with Crippen LogP contribution in [0.4, 0.5) is 10.5 Å². The third-order valence-electron chi connectivity index (χ3n) is 3.06. The van der Waals surface area contributed by atoms with Crippen LogP contribution in [0.1, 0.15) is 38.3 Å². The summed E-state index contributed by atoms with van der Waals surface area (Å²) < 4.78 is 5.14. The molecule has 1 amide bonds. The minimum absolute atomic E-state index is 0. The van der Waals surface area contributed by atoms with E-state index in [0.29, 0.717) is 25.5 Å². The summed E-state index contributed by atoms with van der Waals surface area (Å²) in [5.41, 5.74) is 8.71. The molecular weight excluding hydrogens is 419 g/mol. The van der Waals surface area contributed by atoms with E-state index in [1.807, 2.05) is 39.0 Å². The highest BCUT2D eigenvalue weighted by Crippen LogP contribution is 2.13. The van der Waals surface area contributed by atoms with Gasteiger partial charge in [0.15, 0.2) is 5.96 Å². The van der Waals surface area contributed by atoms with Crippen molar-refractivity contribution in [2.75, 3.05) is 18.4 Å². The van der Waals surface area contributed by atoms with E-state index in [1.54, 1.807) is 0 Å². The fraction of sp³-hybridized carbons (Fsp3) is 0.529. The smallest absolute Gasteiger partial charge is 0.407 e. The Bertz CT molecular complexity index is 568. The normalized spacial score (nSPS) is 11.5. The SMILES string of the molecule is Cc1ccc(NC(N)=NCCCNC(=O)OC(C)(C)C)cc1C.I. The summed E-state index contributed by atoms with van der Waals surface area (Å²) in [5, 5.41) is 5.74. The second kappa shape index (κ2) is 10.4. The van der Waals surface area contributed by atoms with Gasteiger partial charge in [0.2, 0.25) is 0 Å². The number of aryl methyl sites for hydroxylation is 2. The number of ether oxygens (including phenoxy) is 1. The maximum Gasteiger partial charge on any atom is 0.407 e. The van der Waals surface area contributed by atoms with Gasteiger partial charge in [-0.1, -0.05) is 6.07 Å². The minimum atomic E-state index is -0.483. The molecule has 0 saturated heterocycles. The molecule has 0 bridgehead atoms. The number of alkyl carbamates (subject to hydrolysis) is 1. The lowest BCUT2D eigenvalue weighted by Crippen LogP contribution is -2.33. The largest absolute Gasteiger partial charge is 0.444 e. The summed E-state index contributed by atoms with van der Waals surface area (Å²) in [7, 11) is 0. The first-order valence-corrected chi connectivity index (χ1v) is 7.78. The van der Waals surface area contributed by atoms with Gasteiger partial charge in [-0.3, -0.25) is 4.99 Å². The Balaban J connectivity index is 0.00000529. The summed E-state index contributed by atoms with van der Waals surface area (Å²) in [5.74, 6) is 0.366. The molecule has 1 aromatic carbocycles. The molecule has 0 saturated carbocycles. The number of hydrogen-bond donors (Lipinski definition) is 3. The van der Waals surface area contributed by atoms with Gasteiger partial charge in [0.1, 0.15) is 5.60 Å². The lowest BCUT2D eigenvalue weighted by molar-refractivity contribution is 0.0527. The first-order chi connectivity index (χ1) is 10.7. The molecule has 136 valence electrons. The van der Waals surface area contributed by atoms with Crippen LogP contribution in [0.2, 0.25) is 0 Å². The van der Waals surface area contributed by atoms with Crippen molar-refractivity contribution in [1.29, 1.82) is 0 Å². The standard InChI is InChI=1S/C17H28N4O2.HI/c1-12-7-8-14(11-13(12)2)21-15(18)19-9-6-10-20-16(22)23-17(3,4)5;/h7-8,11H,6,9-10H2,1-5H3,(H,20,22)(H3,18,19,21);1H. The number of nitrogens with two attached hydrogens (primary N) is 1. The Hall–Kier alpha value is -1.51. The zero-order valence-electron chi connectivity index (χ0n) is 15.1. The van der Waals surface area contributed by atoms with Crippen LogP contribution < -0.4 is 16.4 Å². The van der Waals surface area contributed by atoms with Crippen LogP contribution in [-0.4, -0.2) is 30.7 Å². The zero-order valence-corrected chi connectivity index (χ0v) is 17.4. The maximum atomic E-state index is 11.5. The highest BCUT2D eigenvalue weighted by molar-refractivity contribution is 14.0. The lowest BCUT2D eigenvalue weighted by Gasteiger charge is -2.19. The predicted molar refractivity (Wildman–Crippen MR) is 110 cm³/mol. The molecule has 6 nitrogen and oxygen atoms in total. The first-order valence-electron chi connectivity index (χ1n) is 7.78. The van der Waals surface area contributed by atoms with Gasteiger partial charge in [0.05, 0.1) is 0 Å². The van der Waals surface area contributed by atoms with Gasteiger partial charge in [0, 0.05) is 18.8 Å². The highest BCUT2D eigenvalue weighted by Gasteiger charge is 2.15. The summed E-state index contributed by atoms with van der Waals surface area (Å²) >= 11 is 0. The summed E-state index contributed by atoms with van der Waals surface area (Å²) in [4.78, 5) is 15.7. The number of carbonyl (C=O) groups excluding carboxylic acids is 1. The van der Waals surface area contributed by atoms with Crippen molar-refractivity contribution in [3.8, 4) is 0 Å².